The first kappa shape index (κ1) is 23.3. The van der Waals surface area contributed by atoms with Crippen LogP contribution in [0.3, 0.4) is 0 Å². The van der Waals surface area contributed by atoms with E-state index in [1.807, 2.05) is 25.1 Å². The summed E-state index contributed by atoms with van der Waals surface area (Å²) in [6.45, 7) is 8.87. The zero-order chi connectivity index (χ0) is 23.3. The molecular formula is C28H29FO3. The highest BCUT2D eigenvalue weighted by Crippen LogP contribution is 2.33. The van der Waals surface area contributed by atoms with Gasteiger partial charge in [-0.1, -0.05) is 45.0 Å². The van der Waals surface area contributed by atoms with Crippen LogP contribution in [-0.2, 0) is 12.0 Å². The minimum atomic E-state index is -0.367. The van der Waals surface area contributed by atoms with E-state index >= 15 is 0 Å². The molecule has 0 unspecified atom stereocenters. The van der Waals surface area contributed by atoms with Crippen molar-refractivity contribution in [2.75, 3.05) is 7.11 Å². The SMILES string of the molecule is COc1ccc(/C=C/C(=O)c2ccc(F)cc2)cc1COc1cc(C)ccc1C(C)(C)C. The molecule has 0 fully saturated rings. The lowest BCUT2D eigenvalue weighted by atomic mass is 9.86. The third kappa shape index (κ3) is 5.85. The second-order valence-corrected chi connectivity index (χ2v) is 8.81. The van der Waals surface area contributed by atoms with Crippen molar-refractivity contribution in [3.05, 3.63) is 100 Å². The number of aryl methyl sites for hydroxylation is 1. The Kier molecular flexibility index (Phi) is 7.14. The first-order chi connectivity index (χ1) is 15.2. The van der Waals surface area contributed by atoms with E-state index in [0.29, 0.717) is 12.2 Å². The molecule has 0 saturated carbocycles. The fourth-order valence-corrected chi connectivity index (χ4v) is 3.42. The van der Waals surface area contributed by atoms with Crippen molar-refractivity contribution >= 4 is 11.9 Å². The molecule has 0 N–H and O–H groups in total. The smallest absolute Gasteiger partial charge is 0.185 e. The topological polar surface area (TPSA) is 35.5 Å². The van der Waals surface area contributed by atoms with E-state index in [0.717, 1.165) is 33.8 Å². The van der Waals surface area contributed by atoms with E-state index in [4.69, 9.17) is 9.47 Å². The second kappa shape index (κ2) is 9.82. The number of rotatable bonds is 7. The van der Waals surface area contributed by atoms with Gasteiger partial charge in [0.1, 0.15) is 23.9 Å². The summed E-state index contributed by atoms with van der Waals surface area (Å²) in [6.07, 6.45) is 3.22. The third-order valence-electron chi connectivity index (χ3n) is 5.19. The van der Waals surface area contributed by atoms with E-state index in [1.54, 1.807) is 13.2 Å². The van der Waals surface area contributed by atoms with E-state index in [-0.39, 0.29) is 17.0 Å². The highest BCUT2D eigenvalue weighted by atomic mass is 19.1. The van der Waals surface area contributed by atoms with Crippen molar-refractivity contribution in [2.45, 2.75) is 39.7 Å². The maximum absolute atomic E-state index is 13.1. The summed E-state index contributed by atoms with van der Waals surface area (Å²) >= 11 is 0. The number of hydrogen-bond donors (Lipinski definition) is 0. The maximum atomic E-state index is 13.1. The molecule has 0 aliphatic rings. The Morgan fingerprint density at radius 3 is 2.34 bits per heavy atom. The normalized spacial score (nSPS) is 11.6. The van der Waals surface area contributed by atoms with Gasteiger partial charge in [-0.3, -0.25) is 4.79 Å². The first-order valence-corrected chi connectivity index (χ1v) is 10.6. The lowest BCUT2D eigenvalue weighted by Crippen LogP contribution is -2.13. The molecule has 0 saturated heterocycles. The average Bonchev–Trinajstić information content (AvgIpc) is 2.75. The number of ketones is 1. The number of allylic oxidation sites excluding steroid dienone is 1. The predicted molar refractivity (Wildman–Crippen MR) is 127 cm³/mol. The highest BCUT2D eigenvalue weighted by Gasteiger charge is 2.19. The van der Waals surface area contributed by atoms with Gasteiger partial charge in [0.05, 0.1) is 7.11 Å². The lowest BCUT2D eigenvalue weighted by molar-refractivity contribution is 0.104. The standard InChI is InChI=1S/C28H29FO3/c1-19-6-13-24(28(2,3)4)27(16-19)32-18-22-17-20(8-15-26(22)31-5)7-14-25(30)21-9-11-23(29)12-10-21/h6-17H,18H2,1-5H3/b14-7+. The summed E-state index contributed by atoms with van der Waals surface area (Å²) in [4.78, 5) is 12.4. The highest BCUT2D eigenvalue weighted by molar-refractivity contribution is 6.06. The van der Waals surface area contributed by atoms with Gasteiger partial charge < -0.3 is 9.47 Å². The molecule has 0 bridgehead atoms. The van der Waals surface area contributed by atoms with Crippen LogP contribution in [-0.4, -0.2) is 12.9 Å². The zero-order valence-electron chi connectivity index (χ0n) is 19.2. The van der Waals surface area contributed by atoms with E-state index in [1.165, 1.54) is 30.3 Å². The number of methoxy groups -OCH3 is 1. The molecule has 3 nitrogen and oxygen atoms in total. The van der Waals surface area contributed by atoms with Crippen molar-refractivity contribution in [3.8, 4) is 11.5 Å². The summed E-state index contributed by atoms with van der Waals surface area (Å²) in [5.41, 5.74) is 4.40. The largest absolute Gasteiger partial charge is 0.496 e. The fraction of sp³-hybridized carbons (Fsp3) is 0.250. The van der Waals surface area contributed by atoms with E-state index in [9.17, 15) is 9.18 Å². The van der Waals surface area contributed by atoms with Crippen molar-refractivity contribution in [1.82, 2.24) is 0 Å². The molecule has 3 aromatic carbocycles. The second-order valence-electron chi connectivity index (χ2n) is 8.81. The molecule has 0 spiro atoms. The van der Waals surface area contributed by atoms with Gasteiger partial charge >= 0.3 is 0 Å². The minimum Gasteiger partial charge on any atom is -0.496 e. The number of carbonyl (C=O) groups is 1. The minimum absolute atomic E-state index is 0.0432. The molecule has 0 radical (unpaired) electrons. The van der Waals surface area contributed by atoms with Crippen molar-refractivity contribution in [2.24, 2.45) is 0 Å². The molecule has 0 aromatic heterocycles. The molecule has 0 heterocycles. The summed E-state index contributed by atoms with van der Waals surface area (Å²) in [6, 6.07) is 17.5. The van der Waals surface area contributed by atoms with Crippen LogP contribution in [0.1, 0.15) is 53.4 Å². The Hall–Kier alpha value is -3.40. The van der Waals surface area contributed by atoms with Gasteiger partial charge in [0.2, 0.25) is 0 Å². The van der Waals surface area contributed by atoms with Crippen LogP contribution < -0.4 is 9.47 Å². The van der Waals surface area contributed by atoms with Gasteiger partial charge in [0.25, 0.3) is 0 Å². The molecule has 0 amide bonds. The van der Waals surface area contributed by atoms with Gasteiger partial charge in [-0.2, -0.15) is 0 Å². The molecule has 3 aromatic rings. The molecule has 32 heavy (non-hydrogen) atoms. The molecular weight excluding hydrogens is 403 g/mol. The van der Waals surface area contributed by atoms with Crippen LogP contribution in [0.5, 0.6) is 11.5 Å². The Bertz CT molecular complexity index is 1120. The fourth-order valence-electron chi connectivity index (χ4n) is 3.42. The average molecular weight is 433 g/mol. The monoisotopic (exact) mass is 432 g/mol. The summed E-state index contributed by atoms with van der Waals surface area (Å²) in [5, 5.41) is 0. The molecule has 0 aliphatic heterocycles. The van der Waals surface area contributed by atoms with Crippen molar-refractivity contribution < 1.29 is 18.7 Å². The van der Waals surface area contributed by atoms with Crippen LogP contribution in [0.15, 0.2) is 66.7 Å². The Labute approximate surface area is 189 Å². The Morgan fingerprint density at radius 2 is 1.69 bits per heavy atom. The van der Waals surface area contributed by atoms with Crippen molar-refractivity contribution in [1.29, 1.82) is 0 Å². The molecule has 3 rings (SSSR count). The zero-order valence-corrected chi connectivity index (χ0v) is 19.2. The van der Waals surface area contributed by atoms with Crippen molar-refractivity contribution in [3.63, 3.8) is 0 Å². The summed E-state index contributed by atoms with van der Waals surface area (Å²) in [5.74, 6) is 1.02. The first-order valence-electron chi connectivity index (χ1n) is 10.6. The van der Waals surface area contributed by atoms with Gasteiger partial charge in [-0.25, -0.2) is 4.39 Å². The number of ether oxygens (including phenoxy) is 2. The molecule has 0 aliphatic carbocycles. The summed E-state index contributed by atoms with van der Waals surface area (Å²) in [7, 11) is 1.62. The van der Waals surface area contributed by atoms with Crippen LogP contribution in [0, 0.1) is 12.7 Å². The van der Waals surface area contributed by atoms with E-state index in [2.05, 4.69) is 39.0 Å². The number of hydrogen-bond acceptors (Lipinski definition) is 3. The number of carbonyl (C=O) groups excluding carboxylic acids is 1. The quantitative estimate of drug-likeness (QED) is 0.300. The summed E-state index contributed by atoms with van der Waals surface area (Å²) < 4.78 is 24.8. The van der Waals surface area contributed by atoms with Gasteiger partial charge in [0, 0.05) is 11.1 Å². The molecule has 0 atom stereocenters. The molecule has 166 valence electrons. The number of halogens is 1. The van der Waals surface area contributed by atoms with Crippen LogP contribution in [0.4, 0.5) is 4.39 Å². The lowest BCUT2D eigenvalue weighted by Gasteiger charge is -2.23. The van der Waals surface area contributed by atoms with Crippen LogP contribution in [0.2, 0.25) is 0 Å². The Morgan fingerprint density at radius 1 is 0.969 bits per heavy atom. The van der Waals surface area contributed by atoms with Gasteiger partial charge in [0.15, 0.2) is 5.78 Å². The van der Waals surface area contributed by atoms with Crippen LogP contribution >= 0.6 is 0 Å². The van der Waals surface area contributed by atoms with Gasteiger partial charge in [-0.05, 0) is 77.6 Å². The maximum Gasteiger partial charge on any atom is 0.185 e. The Balaban J connectivity index is 1.81. The van der Waals surface area contributed by atoms with Gasteiger partial charge in [-0.15, -0.1) is 0 Å². The third-order valence-corrected chi connectivity index (χ3v) is 5.19. The van der Waals surface area contributed by atoms with Crippen LogP contribution in [0.25, 0.3) is 6.08 Å². The molecule has 4 heteroatoms. The number of benzene rings is 3. The van der Waals surface area contributed by atoms with E-state index < -0.39 is 0 Å². The predicted octanol–water partition coefficient (Wildman–Crippen LogP) is 6.92.